The first kappa shape index (κ1) is 31.8. The van der Waals surface area contributed by atoms with Gasteiger partial charge in [-0.25, -0.2) is 8.42 Å². The molecule has 0 aromatic heterocycles. The van der Waals surface area contributed by atoms with E-state index in [0.717, 1.165) is 15.4 Å². The lowest BCUT2D eigenvalue weighted by Crippen LogP contribution is -2.53. The van der Waals surface area contributed by atoms with E-state index < -0.39 is 28.5 Å². The number of likely N-dealkylation sites (N-methyl/N-ethyl adjacent to an activating group) is 1. The average molecular weight is 618 g/mol. The molecule has 2 amide bonds. The summed E-state index contributed by atoms with van der Waals surface area (Å²) in [6, 6.07) is 29.1. The van der Waals surface area contributed by atoms with Crippen LogP contribution in [0.25, 0.3) is 0 Å². The summed E-state index contributed by atoms with van der Waals surface area (Å²) in [5.41, 5.74) is 3.44. The summed E-state index contributed by atoms with van der Waals surface area (Å²) in [4.78, 5) is 29.5. The van der Waals surface area contributed by atoms with Crippen molar-refractivity contribution < 1.29 is 18.0 Å². The van der Waals surface area contributed by atoms with E-state index in [1.165, 1.54) is 17.0 Å². The molecule has 0 spiro atoms. The quantitative estimate of drug-likeness (QED) is 0.214. The smallest absolute Gasteiger partial charge is 0.264 e. The van der Waals surface area contributed by atoms with E-state index in [4.69, 9.17) is 11.6 Å². The van der Waals surface area contributed by atoms with Crippen LogP contribution >= 0.6 is 11.6 Å². The summed E-state index contributed by atoms with van der Waals surface area (Å²) in [7, 11) is -4.16. The molecule has 0 bridgehead atoms. The van der Waals surface area contributed by atoms with Crippen molar-refractivity contribution in [2.24, 2.45) is 0 Å². The predicted molar refractivity (Wildman–Crippen MR) is 172 cm³/mol. The number of rotatable bonds is 12. The first-order valence-electron chi connectivity index (χ1n) is 14.1. The summed E-state index contributed by atoms with van der Waals surface area (Å²) in [5.74, 6) is -0.872. The third-order valence-electron chi connectivity index (χ3n) is 7.16. The van der Waals surface area contributed by atoms with Crippen molar-refractivity contribution in [3.05, 3.63) is 130 Å². The van der Waals surface area contributed by atoms with Gasteiger partial charge >= 0.3 is 0 Å². The van der Waals surface area contributed by atoms with Crippen molar-refractivity contribution in [3.8, 4) is 0 Å². The van der Waals surface area contributed by atoms with Crippen molar-refractivity contribution >= 4 is 39.1 Å². The fourth-order valence-corrected chi connectivity index (χ4v) is 6.56. The fraction of sp³-hybridized carbons (Fsp3) is 0.235. The van der Waals surface area contributed by atoms with Gasteiger partial charge in [0.1, 0.15) is 12.6 Å². The lowest BCUT2D eigenvalue weighted by Gasteiger charge is -2.34. The van der Waals surface area contributed by atoms with Gasteiger partial charge in [-0.2, -0.15) is 0 Å². The number of hydrogen-bond acceptors (Lipinski definition) is 4. The molecule has 4 rings (SSSR count). The number of carbonyl (C=O) groups is 2. The maximum absolute atomic E-state index is 14.5. The lowest BCUT2D eigenvalue weighted by molar-refractivity contribution is -0.140. The van der Waals surface area contributed by atoms with Crippen LogP contribution in [0, 0.1) is 13.8 Å². The summed E-state index contributed by atoms with van der Waals surface area (Å²) in [6.07, 6.45) is 0.234. The van der Waals surface area contributed by atoms with Gasteiger partial charge < -0.3 is 10.2 Å². The van der Waals surface area contributed by atoms with Gasteiger partial charge in [-0.15, -0.1) is 0 Å². The van der Waals surface area contributed by atoms with Gasteiger partial charge in [0, 0.05) is 24.5 Å². The molecule has 4 aromatic rings. The monoisotopic (exact) mass is 617 g/mol. The Labute approximate surface area is 259 Å². The van der Waals surface area contributed by atoms with E-state index in [1.54, 1.807) is 49.4 Å². The van der Waals surface area contributed by atoms with E-state index >= 15 is 0 Å². The first-order chi connectivity index (χ1) is 20.6. The van der Waals surface area contributed by atoms with Crippen LogP contribution in [0.3, 0.4) is 0 Å². The summed E-state index contributed by atoms with van der Waals surface area (Å²) < 4.78 is 29.4. The summed E-state index contributed by atoms with van der Waals surface area (Å²) in [6.45, 7) is 5.35. The Hall–Kier alpha value is -4.14. The molecule has 9 heteroatoms. The van der Waals surface area contributed by atoms with Crippen LogP contribution in [0.4, 0.5) is 5.69 Å². The zero-order valence-corrected chi connectivity index (χ0v) is 26.1. The second kappa shape index (κ2) is 14.4. The largest absolute Gasteiger partial charge is 0.355 e. The molecule has 0 aliphatic rings. The Morgan fingerprint density at radius 1 is 0.860 bits per heavy atom. The third kappa shape index (κ3) is 7.83. The van der Waals surface area contributed by atoms with Gasteiger partial charge in [-0.1, -0.05) is 90.5 Å². The molecule has 43 heavy (non-hydrogen) atoms. The molecule has 1 unspecified atom stereocenters. The van der Waals surface area contributed by atoms with E-state index in [-0.39, 0.29) is 23.8 Å². The molecule has 0 fully saturated rings. The minimum Gasteiger partial charge on any atom is -0.355 e. The maximum atomic E-state index is 14.5. The molecule has 1 N–H and O–H groups in total. The molecule has 0 heterocycles. The third-order valence-corrected chi connectivity index (χ3v) is 9.31. The van der Waals surface area contributed by atoms with E-state index in [1.807, 2.05) is 62.4 Å². The van der Waals surface area contributed by atoms with Crippen LogP contribution < -0.4 is 9.62 Å². The van der Waals surface area contributed by atoms with Crippen molar-refractivity contribution in [1.29, 1.82) is 0 Å². The van der Waals surface area contributed by atoms with Crippen molar-refractivity contribution in [2.75, 3.05) is 17.4 Å². The van der Waals surface area contributed by atoms with Crippen molar-refractivity contribution in [2.45, 2.75) is 44.7 Å². The molecular formula is C34H36ClN3O4S. The number of sulfonamides is 1. The van der Waals surface area contributed by atoms with E-state index in [0.29, 0.717) is 28.4 Å². The van der Waals surface area contributed by atoms with Crippen LogP contribution in [0.5, 0.6) is 0 Å². The standard InChI is InChI=1S/C34H36ClN3O4S/c1-4-36-34(40)32(22-27-13-7-5-8-14-27)37(23-28-15-11-12-18-30(28)35)33(39)24-38(31-21-25(2)19-20-26(31)3)43(41,42)29-16-9-6-10-17-29/h5-21,32H,4,22-24H2,1-3H3,(H,36,40). The highest BCUT2D eigenvalue weighted by Crippen LogP contribution is 2.29. The van der Waals surface area contributed by atoms with Gasteiger partial charge in [-0.05, 0) is 67.3 Å². The van der Waals surface area contributed by atoms with Crippen LogP contribution in [-0.2, 0) is 32.6 Å². The molecule has 1 atom stereocenters. The minimum absolute atomic E-state index is 0.0131. The molecule has 0 aliphatic carbocycles. The number of carbonyl (C=O) groups excluding carboxylic acids is 2. The fourth-order valence-electron chi connectivity index (χ4n) is 4.88. The molecule has 0 saturated carbocycles. The Morgan fingerprint density at radius 3 is 2.14 bits per heavy atom. The van der Waals surface area contributed by atoms with Gasteiger partial charge in [0.05, 0.1) is 10.6 Å². The average Bonchev–Trinajstić information content (AvgIpc) is 3.00. The van der Waals surface area contributed by atoms with Crippen LogP contribution in [0.15, 0.2) is 108 Å². The predicted octanol–water partition coefficient (Wildman–Crippen LogP) is 5.93. The second-order valence-corrected chi connectivity index (χ2v) is 12.6. The van der Waals surface area contributed by atoms with E-state index in [9.17, 15) is 18.0 Å². The molecule has 0 radical (unpaired) electrons. The number of benzene rings is 4. The molecule has 0 saturated heterocycles. The molecule has 0 aliphatic heterocycles. The topological polar surface area (TPSA) is 86.8 Å². The number of nitrogens with one attached hydrogen (secondary N) is 1. The molecule has 4 aromatic carbocycles. The van der Waals surface area contributed by atoms with Crippen molar-refractivity contribution in [1.82, 2.24) is 10.2 Å². The van der Waals surface area contributed by atoms with Crippen molar-refractivity contribution in [3.63, 3.8) is 0 Å². The van der Waals surface area contributed by atoms with Gasteiger partial charge in [0.15, 0.2) is 0 Å². The number of hydrogen-bond donors (Lipinski definition) is 1. The number of halogens is 1. The summed E-state index contributed by atoms with van der Waals surface area (Å²) >= 11 is 6.53. The highest BCUT2D eigenvalue weighted by Gasteiger charge is 2.35. The number of anilines is 1. The highest BCUT2D eigenvalue weighted by atomic mass is 35.5. The van der Waals surface area contributed by atoms with Crippen LogP contribution in [0.2, 0.25) is 5.02 Å². The number of aryl methyl sites for hydroxylation is 2. The summed E-state index contributed by atoms with van der Waals surface area (Å²) in [5, 5.41) is 3.30. The van der Waals surface area contributed by atoms with Crippen LogP contribution in [0.1, 0.15) is 29.2 Å². The molecular weight excluding hydrogens is 582 g/mol. The normalized spacial score (nSPS) is 11.9. The minimum atomic E-state index is -4.16. The Morgan fingerprint density at radius 2 is 1.49 bits per heavy atom. The zero-order chi connectivity index (χ0) is 31.0. The van der Waals surface area contributed by atoms with Crippen LogP contribution in [-0.4, -0.2) is 44.3 Å². The Balaban J connectivity index is 1.83. The number of nitrogens with zero attached hydrogens (tertiary/aromatic N) is 2. The van der Waals surface area contributed by atoms with E-state index in [2.05, 4.69) is 5.32 Å². The lowest BCUT2D eigenvalue weighted by atomic mass is 10.0. The van der Waals surface area contributed by atoms with Gasteiger partial charge in [0.25, 0.3) is 10.0 Å². The zero-order valence-electron chi connectivity index (χ0n) is 24.5. The molecule has 7 nitrogen and oxygen atoms in total. The Kier molecular flexibility index (Phi) is 10.6. The number of amides is 2. The van der Waals surface area contributed by atoms with Gasteiger partial charge in [0.2, 0.25) is 11.8 Å². The maximum Gasteiger partial charge on any atom is 0.264 e. The highest BCUT2D eigenvalue weighted by molar-refractivity contribution is 7.92. The first-order valence-corrected chi connectivity index (χ1v) is 15.9. The SMILES string of the molecule is CCNC(=O)C(Cc1ccccc1)N(Cc1ccccc1Cl)C(=O)CN(c1cc(C)ccc1C)S(=O)(=O)c1ccccc1. The Bertz CT molecular complexity index is 1660. The second-order valence-electron chi connectivity index (χ2n) is 10.3. The molecule has 224 valence electrons. The van der Waals surface area contributed by atoms with Gasteiger partial charge in [-0.3, -0.25) is 13.9 Å².